The Morgan fingerprint density at radius 1 is 1.21 bits per heavy atom. The molecule has 0 bridgehead atoms. The standard InChI is InChI=1S/C22H28N2O4S/c1-16-11-12-20(28-3)21(14-16)29(26,27)24-13-7-10-19(15-24)22(25)23-17(2)18-8-5-4-6-9-18/h4-6,8-9,11-12,14,17,19H,7,10,13,15H2,1-3H3,(H,23,25)/t17-,19+/m0/s1. The van der Waals surface area contributed by atoms with Crippen LogP contribution >= 0.6 is 0 Å². The lowest BCUT2D eigenvalue weighted by Crippen LogP contribution is -2.45. The van der Waals surface area contributed by atoms with Crippen molar-refractivity contribution in [3.05, 3.63) is 59.7 Å². The van der Waals surface area contributed by atoms with Gasteiger partial charge < -0.3 is 10.1 Å². The molecule has 1 fully saturated rings. The van der Waals surface area contributed by atoms with Gasteiger partial charge in [-0.1, -0.05) is 36.4 Å². The van der Waals surface area contributed by atoms with E-state index in [-0.39, 0.29) is 29.3 Å². The highest BCUT2D eigenvalue weighted by Crippen LogP contribution is 2.30. The van der Waals surface area contributed by atoms with Gasteiger partial charge in [0, 0.05) is 13.1 Å². The number of nitrogens with one attached hydrogen (secondary N) is 1. The Morgan fingerprint density at radius 3 is 2.62 bits per heavy atom. The van der Waals surface area contributed by atoms with Crippen molar-refractivity contribution >= 4 is 15.9 Å². The van der Waals surface area contributed by atoms with E-state index in [1.165, 1.54) is 11.4 Å². The number of sulfonamides is 1. The topological polar surface area (TPSA) is 75.7 Å². The van der Waals surface area contributed by atoms with Crippen LogP contribution in [-0.4, -0.2) is 38.8 Å². The monoisotopic (exact) mass is 416 g/mol. The molecular weight excluding hydrogens is 388 g/mol. The number of methoxy groups -OCH3 is 1. The summed E-state index contributed by atoms with van der Waals surface area (Å²) < 4.78 is 33.2. The van der Waals surface area contributed by atoms with E-state index in [2.05, 4.69) is 5.32 Å². The zero-order chi connectivity index (χ0) is 21.0. The van der Waals surface area contributed by atoms with E-state index < -0.39 is 10.0 Å². The first-order chi connectivity index (χ1) is 13.8. The third kappa shape index (κ3) is 4.79. The Bertz CT molecular complexity index is 960. The highest BCUT2D eigenvalue weighted by atomic mass is 32.2. The second-order valence-corrected chi connectivity index (χ2v) is 9.40. The van der Waals surface area contributed by atoms with Gasteiger partial charge in [-0.25, -0.2) is 8.42 Å². The van der Waals surface area contributed by atoms with Crippen LogP contribution in [0.25, 0.3) is 0 Å². The molecule has 1 heterocycles. The molecule has 1 N–H and O–H groups in total. The Kier molecular flexibility index (Phi) is 6.59. The summed E-state index contributed by atoms with van der Waals surface area (Å²) in [5.41, 5.74) is 1.86. The van der Waals surface area contributed by atoms with Gasteiger partial charge in [-0.15, -0.1) is 0 Å². The molecule has 2 atom stereocenters. The predicted octanol–water partition coefficient (Wildman–Crippen LogP) is 3.28. The lowest BCUT2D eigenvalue weighted by molar-refractivity contribution is -0.126. The minimum atomic E-state index is -3.75. The van der Waals surface area contributed by atoms with Crippen LogP contribution in [0.3, 0.4) is 0 Å². The summed E-state index contributed by atoms with van der Waals surface area (Å²) in [4.78, 5) is 13.0. The van der Waals surface area contributed by atoms with E-state index in [1.807, 2.05) is 50.2 Å². The first-order valence-electron chi connectivity index (χ1n) is 9.83. The molecule has 156 valence electrons. The number of hydrogen-bond donors (Lipinski definition) is 1. The molecule has 29 heavy (non-hydrogen) atoms. The van der Waals surface area contributed by atoms with Crippen LogP contribution in [0, 0.1) is 12.8 Å². The summed E-state index contributed by atoms with van der Waals surface area (Å²) in [7, 11) is -2.29. The number of carbonyl (C=O) groups excluding carboxylic acids is 1. The second kappa shape index (κ2) is 8.97. The van der Waals surface area contributed by atoms with E-state index in [4.69, 9.17) is 4.74 Å². The largest absolute Gasteiger partial charge is 0.495 e. The number of hydrogen-bond acceptors (Lipinski definition) is 4. The van der Waals surface area contributed by atoms with Gasteiger partial charge in [0.2, 0.25) is 15.9 Å². The van der Waals surface area contributed by atoms with Crippen LogP contribution in [0.15, 0.2) is 53.4 Å². The van der Waals surface area contributed by atoms with E-state index in [1.54, 1.807) is 12.1 Å². The van der Waals surface area contributed by atoms with Gasteiger partial charge in [-0.2, -0.15) is 4.31 Å². The van der Waals surface area contributed by atoms with Gasteiger partial charge in [0.1, 0.15) is 10.6 Å². The Labute approximate surface area is 172 Å². The number of aryl methyl sites for hydroxylation is 1. The smallest absolute Gasteiger partial charge is 0.246 e. The van der Waals surface area contributed by atoms with Crippen LogP contribution in [0.5, 0.6) is 5.75 Å². The van der Waals surface area contributed by atoms with Gasteiger partial charge in [0.05, 0.1) is 19.1 Å². The third-order valence-electron chi connectivity index (χ3n) is 5.35. The van der Waals surface area contributed by atoms with E-state index in [9.17, 15) is 13.2 Å². The molecule has 0 saturated carbocycles. The molecule has 2 aromatic carbocycles. The minimum absolute atomic E-state index is 0.113. The molecule has 6 nitrogen and oxygen atoms in total. The van der Waals surface area contributed by atoms with E-state index in [0.717, 1.165) is 11.1 Å². The summed E-state index contributed by atoms with van der Waals surface area (Å²) in [6, 6.07) is 14.7. The predicted molar refractivity (Wildman–Crippen MR) is 112 cm³/mol. The zero-order valence-electron chi connectivity index (χ0n) is 17.1. The lowest BCUT2D eigenvalue weighted by atomic mass is 9.98. The average Bonchev–Trinajstić information content (AvgIpc) is 2.74. The average molecular weight is 417 g/mol. The van der Waals surface area contributed by atoms with Crippen LogP contribution in [0.1, 0.15) is 36.9 Å². The molecule has 0 unspecified atom stereocenters. The first kappa shape index (κ1) is 21.3. The number of ether oxygens (including phenoxy) is 1. The van der Waals surface area contributed by atoms with Crippen LogP contribution in [0.2, 0.25) is 0 Å². The van der Waals surface area contributed by atoms with Gasteiger partial charge in [0.25, 0.3) is 0 Å². The molecule has 3 rings (SSSR count). The van der Waals surface area contributed by atoms with Crippen LogP contribution in [-0.2, 0) is 14.8 Å². The molecule has 0 spiro atoms. The lowest BCUT2D eigenvalue weighted by Gasteiger charge is -2.32. The van der Waals surface area contributed by atoms with Gasteiger partial charge in [0.15, 0.2) is 0 Å². The highest BCUT2D eigenvalue weighted by molar-refractivity contribution is 7.89. The van der Waals surface area contributed by atoms with Gasteiger partial charge >= 0.3 is 0 Å². The number of piperidine rings is 1. The van der Waals surface area contributed by atoms with E-state index in [0.29, 0.717) is 25.1 Å². The maximum atomic E-state index is 13.2. The van der Waals surface area contributed by atoms with Crippen molar-refractivity contribution in [2.24, 2.45) is 5.92 Å². The van der Waals surface area contributed by atoms with Crippen LogP contribution in [0.4, 0.5) is 0 Å². The normalized spacial score (nSPS) is 18.8. The molecular formula is C22H28N2O4S. The molecule has 2 aromatic rings. The van der Waals surface area contributed by atoms with Crippen molar-refractivity contribution in [3.8, 4) is 5.75 Å². The summed E-state index contributed by atoms with van der Waals surface area (Å²) in [6.45, 7) is 4.35. The number of rotatable bonds is 6. The SMILES string of the molecule is COc1ccc(C)cc1S(=O)(=O)N1CCC[C@@H](C(=O)N[C@@H](C)c2ccccc2)C1. The maximum Gasteiger partial charge on any atom is 0.246 e. The zero-order valence-corrected chi connectivity index (χ0v) is 17.9. The van der Waals surface area contributed by atoms with Crippen molar-refractivity contribution in [3.63, 3.8) is 0 Å². The quantitative estimate of drug-likeness (QED) is 0.784. The summed E-state index contributed by atoms with van der Waals surface area (Å²) in [5, 5.41) is 3.02. The molecule has 1 aliphatic heterocycles. The van der Waals surface area contributed by atoms with E-state index >= 15 is 0 Å². The number of nitrogens with zero attached hydrogens (tertiary/aromatic N) is 1. The van der Waals surface area contributed by atoms with Crippen molar-refractivity contribution in [1.82, 2.24) is 9.62 Å². The number of carbonyl (C=O) groups is 1. The number of benzene rings is 2. The van der Waals surface area contributed by atoms with Crippen molar-refractivity contribution in [1.29, 1.82) is 0 Å². The fourth-order valence-corrected chi connectivity index (χ4v) is 5.42. The van der Waals surface area contributed by atoms with Crippen LogP contribution < -0.4 is 10.1 Å². The third-order valence-corrected chi connectivity index (χ3v) is 7.24. The maximum absolute atomic E-state index is 13.2. The van der Waals surface area contributed by atoms with Gasteiger partial charge in [-0.3, -0.25) is 4.79 Å². The summed E-state index contributed by atoms with van der Waals surface area (Å²) >= 11 is 0. The number of amides is 1. The van der Waals surface area contributed by atoms with Crippen molar-refractivity contribution < 1.29 is 17.9 Å². The highest BCUT2D eigenvalue weighted by Gasteiger charge is 2.35. The fraction of sp³-hybridized carbons (Fsp3) is 0.409. The second-order valence-electron chi connectivity index (χ2n) is 7.50. The first-order valence-corrected chi connectivity index (χ1v) is 11.3. The molecule has 7 heteroatoms. The molecule has 1 amide bonds. The summed E-state index contributed by atoms with van der Waals surface area (Å²) in [6.07, 6.45) is 1.31. The molecule has 0 aliphatic carbocycles. The minimum Gasteiger partial charge on any atom is -0.495 e. The molecule has 0 aromatic heterocycles. The van der Waals surface area contributed by atoms with Gasteiger partial charge in [-0.05, 0) is 49.9 Å². The van der Waals surface area contributed by atoms with Crippen molar-refractivity contribution in [2.45, 2.75) is 37.6 Å². The fourth-order valence-electron chi connectivity index (χ4n) is 3.66. The summed E-state index contributed by atoms with van der Waals surface area (Å²) in [5.74, 6) is -0.169. The molecule has 1 saturated heterocycles. The van der Waals surface area contributed by atoms with Crippen molar-refractivity contribution in [2.75, 3.05) is 20.2 Å². The Hall–Kier alpha value is -2.38. The Balaban J connectivity index is 1.75. The Morgan fingerprint density at radius 2 is 1.93 bits per heavy atom. The molecule has 1 aliphatic rings. The molecule has 0 radical (unpaired) electrons.